The summed E-state index contributed by atoms with van der Waals surface area (Å²) in [4.78, 5) is 0. The highest BCUT2D eigenvalue weighted by Gasteiger charge is 2.49. The fourth-order valence-electron chi connectivity index (χ4n) is 4.70. The van der Waals surface area contributed by atoms with Gasteiger partial charge in [-0.3, -0.25) is 0 Å². The molecule has 0 heterocycles. The third-order valence-corrected chi connectivity index (χ3v) is 7.37. The van der Waals surface area contributed by atoms with Gasteiger partial charge in [0.2, 0.25) is 0 Å². The molecule has 0 aromatic rings. The van der Waals surface area contributed by atoms with Crippen molar-refractivity contribution in [2.24, 2.45) is 29.1 Å². The summed E-state index contributed by atoms with van der Waals surface area (Å²) in [6.07, 6.45) is 12.9. The Kier molecular flexibility index (Phi) is 5.91. The molecule has 0 radical (unpaired) electrons. The molecule has 0 aromatic carbocycles. The zero-order chi connectivity index (χ0) is 14.8. The lowest BCUT2D eigenvalue weighted by atomic mass is 9.71. The maximum atomic E-state index is 5.12. The van der Waals surface area contributed by atoms with Crippen molar-refractivity contribution in [3.05, 3.63) is 0 Å². The third kappa shape index (κ3) is 3.76. The predicted molar refractivity (Wildman–Crippen MR) is 93.4 cm³/mol. The molecule has 2 aliphatic carbocycles. The zero-order valence-corrected chi connectivity index (χ0v) is 15.1. The molecule has 2 aliphatic rings. The number of thiol groups is 1. The maximum absolute atomic E-state index is 5.12. The minimum absolute atomic E-state index is 0.645. The van der Waals surface area contributed by atoms with Gasteiger partial charge in [0.15, 0.2) is 0 Å². The minimum atomic E-state index is 0.645. The molecule has 4 unspecified atom stereocenters. The Balaban J connectivity index is 1.95. The molecule has 5 atom stereocenters. The number of hydrogen-bond acceptors (Lipinski definition) is 1. The number of rotatable bonds is 7. The molecule has 0 spiro atoms. The molecule has 0 aromatic heterocycles. The van der Waals surface area contributed by atoms with Crippen LogP contribution in [0.3, 0.4) is 0 Å². The van der Waals surface area contributed by atoms with Crippen LogP contribution in [0.15, 0.2) is 0 Å². The standard InChI is InChI=1S/C19H36S/c1-5-14(3)18(15-10-8-7-9-11-15)17(20)12-16-13-19(16,4)6-2/h14-18,20H,5-13H2,1-4H3/t14?,16?,17-,18?,19?/m0/s1. The molecular formula is C19H36S. The van der Waals surface area contributed by atoms with Gasteiger partial charge in [0.1, 0.15) is 0 Å². The Bertz CT molecular complexity index is 294. The molecule has 0 aliphatic heterocycles. The van der Waals surface area contributed by atoms with Crippen molar-refractivity contribution in [2.45, 2.75) is 90.7 Å². The molecule has 20 heavy (non-hydrogen) atoms. The van der Waals surface area contributed by atoms with Crippen LogP contribution in [0.2, 0.25) is 0 Å². The van der Waals surface area contributed by atoms with Crippen molar-refractivity contribution >= 4 is 12.6 Å². The quantitative estimate of drug-likeness (QED) is 0.520. The lowest BCUT2D eigenvalue weighted by molar-refractivity contribution is 0.172. The fourth-order valence-corrected chi connectivity index (χ4v) is 5.49. The molecule has 2 rings (SSSR count). The average Bonchev–Trinajstić information content (AvgIpc) is 3.11. The van der Waals surface area contributed by atoms with Gasteiger partial charge in [-0.2, -0.15) is 12.6 Å². The monoisotopic (exact) mass is 296 g/mol. The van der Waals surface area contributed by atoms with Crippen LogP contribution in [0, 0.1) is 29.1 Å². The van der Waals surface area contributed by atoms with Crippen molar-refractivity contribution in [1.29, 1.82) is 0 Å². The van der Waals surface area contributed by atoms with E-state index in [4.69, 9.17) is 12.6 Å². The highest BCUT2D eigenvalue weighted by molar-refractivity contribution is 7.81. The zero-order valence-electron chi connectivity index (χ0n) is 14.2. The van der Waals surface area contributed by atoms with Crippen LogP contribution in [-0.2, 0) is 0 Å². The van der Waals surface area contributed by atoms with E-state index in [0.29, 0.717) is 10.7 Å². The molecule has 0 N–H and O–H groups in total. The van der Waals surface area contributed by atoms with Crippen LogP contribution in [0.25, 0.3) is 0 Å². The second-order valence-electron chi connectivity index (χ2n) is 8.07. The molecule has 0 bridgehead atoms. The summed E-state index contributed by atoms with van der Waals surface area (Å²) in [5.41, 5.74) is 0.660. The summed E-state index contributed by atoms with van der Waals surface area (Å²) in [6.45, 7) is 9.69. The van der Waals surface area contributed by atoms with E-state index in [-0.39, 0.29) is 0 Å². The van der Waals surface area contributed by atoms with Gasteiger partial charge in [-0.25, -0.2) is 0 Å². The van der Waals surface area contributed by atoms with E-state index in [1.807, 2.05) is 0 Å². The Morgan fingerprint density at radius 3 is 2.30 bits per heavy atom. The van der Waals surface area contributed by atoms with Crippen LogP contribution in [0.4, 0.5) is 0 Å². The second kappa shape index (κ2) is 7.07. The maximum Gasteiger partial charge on any atom is 0.00531 e. The highest BCUT2D eigenvalue weighted by Crippen LogP contribution is 2.58. The SMILES string of the molecule is CCC(C)C(C1CCCCC1)[C@@H](S)CC1CC1(C)CC. The summed E-state index contributed by atoms with van der Waals surface area (Å²) in [6, 6.07) is 0. The van der Waals surface area contributed by atoms with Crippen LogP contribution in [-0.4, -0.2) is 5.25 Å². The molecule has 1 heteroatoms. The lowest BCUT2D eigenvalue weighted by Gasteiger charge is -2.38. The van der Waals surface area contributed by atoms with Gasteiger partial charge < -0.3 is 0 Å². The Morgan fingerprint density at radius 1 is 1.15 bits per heavy atom. The van der Waals surface area contributed by atoms with E-state index in [1.54, 1.807) is 0 Å². The molecule has 118 valence electrons. The lowest BCUT2D eigenvalue weighted by Crippen LogP contribution is -2.32. The molecule has 0 saturated heterocycles. The second-order valence-corrected chi connectivity index (χ2v) is 8.74. The molecule has 0 nitrogen and oxygen atoms in total. The van der Waals surface area contributed by atoms with Crippen LogP contribution in [0.1, 0.15) is 85.5 Å². The predicted octanol–water partition coefficient (Wildman–Crippen LogP) is 6.35. The van der Waals surface area contributed by atoms with Crippen molar-refractivity contribution in [3.8, 4) is 0 Å². The normalized spacial score (nSPS) is 35.5. The summed E-state index contributed by atoms with van der Waals surface area (Å²) in [7, 11) is 0. The van der Waals surface area contributed by atoms with Crippen molar-refractivity contribution in [2.75, 3.05) is 0 Å². The van der Waals surface area contributed by atoms with E-state index in [0.717, 1.165) is 23.7 Å². The van der Waals surface area contributed by atoms with Crippen LogP contribution < -0.4 is 0 Å². The largest absolute Gasteiger partial charge is 0.176 e. The van der Waals surface area contributed by atoms with Crippen LogP contribution in [0.5, 0.6) is 0 Å². The van der Waals surface area contributed by atoms with Crippen molar-refractivity contribution in [3.63, 3.8) is 0 Å². The van der Waals surface area contributed by atoms with Gasteiger partial charge in [-0.05, 0) is 41.9 Å². The Hall–Kier alpha value is 0.350. The van der Waals surface area contributed by atoms with E-state index in [9.17, 15) is 0 Å². The molecule has 0 amide bonds. The van der Waals surface area contributed by atoms with Gasteiger partial charge in [0.25, 0.3) is 0 Å². The van der Waals surface area contributed by atoms with E-state index in [1.165, 1.54) is 57.8 Å². The smallest absolute Gasteiger partial charge is 0.00531 e. The first-order valence-corrected chi connectivity index (χ1v) is 9.71. The number of hydrogen-bond donors (Lipinski definition) is 1. The van der Waals surface area contributed by atoms with Crippen molar-refractivity contribution < 1.29 is 0 Å². The first-order chi connectivity index (χ1) is 9.51. The Labute approximate surface area is 132 Å². The van der Waals surface area contributed by atoms with Gasteiger partial charge >= 0.3 is 0 Å². The average molecular weight is 297 g/mol. The van der Waals surface area contributed by atoms with E-state index < -0.39 is 0 Å². The summed E-state index contributed by atoms with van der Waals surface area (Å²) in [5, 5.41) is 0.645. The Morgan fingerprint density at radius 2 is 1.80 bits per heavy atom. The first kappa shape index (κ1) is 16.7. The molecular weight excluding hydrogens is 260 g/mol. The minimum Gasteiger partial charge on any atom is -0.176 e. The summed E-state index contributed by atoms with van der Waals surface area (Å²) < 4.78 is 0. The van der Waals surface area contributed by atoms with Crippen molar-refractivity contribution in [1.82, 2.24) is 0 Å². The molecule has 2 fully saturated rings. The van der Waals surface area contributed by atoms with E-state index in [2.05, 4.69) is 27.7 Å². The molecule has 2 saturated carbocycles. The van der Waals surface area contributed by atoms with Gasteiger partial charge in [0, 0.05) is 5.25 Å². The summed E-state index contributed by atoms with van der Waals surface area (Å²) in [5.74, 6) is 3.65. The van der Waals surface area contributed by atoms with Gasteiger partial charge in [-0.15, -0.1) is 0 Å². The van der Waals surface area contributed by atoms with E-state index >= 15 is 0 Å². The van der Waals surface area contributed by atoms with Gasteiger partial charge in [0.05, 0.1) is 0 Å². The van der Waals surface area contributed by atoms with Crippen LogP contribution >= 0.6 is 12.6 Å². The highest BCUT2D eigenvalue weighted by atomic mass is 32.1. The topological polar surface area (TPSA) is 0 Å². The van der Waals surface area contributed by atoms with Gasteiger partial charge in [-0.1, -0.05) is 72.6 Å². The fraction of sp³-hybridized carbons (Fsp3) is 1.00. The summed E-state index contributed by atoms with van der Waals surface area (Å²) >= 11 is 5.12. The third-order valence-electron chi connectivity index (χ3n) is 6.81. The first-order valence-electron chi connectivity index (χ1n) is 9.20.